The lowest BCUT2D eigenvalue weighted by Gasteiger charge is -1.75. The second-order valence-electron chi connectivity index (χ2n) is 0.604. The van der Waals surface area contributed by atoms with Gasteiger partial charge in [0.25, 0.3) is 6.01 Å². The van der Waals surface area contributed by atoms with E-state index in [9.17, 15) is 4.39 Å². The minimum Gasteiger partial charge on any atom is -0.283 e. The Kier molecular flexibility index (Phi) is 1.48. The fourth-order valence-electron chi connectivity index (χ4n) is 0. The smallest absolute Gasteiger partial charge is 0.283 e. The second-order valence-corrected chi connectivity index (χ2v) is 1.81. The number of halogens is 1. The normalized spacial score (nSPS) is 11.7. The average Bonchev–Trinajstić information content (AvgIpc) is 1.35. The summed E-state index contributed by atoms with van der Waals surface area (Å²) in [6, 6.07) is -0.785. The summed E-state index contributed by atoms with van der Waals surface area (Å²) in [5.41, 5.74) is 0. The number of rotatable bonds is 1. The summed E-state index contributed by atoms with van der Waals surface area (Å²) < 4.78 is 36.2. The number of hydrogen-bond acceptors (Lipinski definition) is 2. The summed E-state index contributed by atoms with van der Waals surface area (Å²) >= 11 is 0. The van der Waals surface area contributed by atoms with Crippen molar-refractivity contribution in [2.24, 2.45) is 0 Å². The molecule has 0 amide bonds. The first kappa shape index (κ1) is 5.84. The summed E-state index contributed by atoms with van der Waals surface area (Å²) in [5, 5.41) is 0. The number of hydrogen-bond donors (Lipinski definition) is 1. The molecule has 0 heterocycles. The highest BCUT2D eigenvalue weighted by Crippen LogP contribution is 1.86. The van der Waals surface area contributed by atoms with Crippen LogP contribution < -0.4 is 0 Å². The van der Waals surface area contributed by atoms with Crippen molar-refractivity contribution in [3.8, 4) is 0 Å². The molecule has 0 aliphatic rings. The third-order valence-electron chi connectivity index (χ3n) is 0.113. The summed E-state index contributed by atoms with van der Waals surface area (Å²) in [7, 11) is -4.45. The van der Waals surface area contributed by atoms with Crippen LogP contribution in [0.3, 0.4) is 0 Å². The fourth-order valence-corrected chi connectivity index (χ4v) is 0. The molecule has 0 aliphatic heterocycles. The minimum atomic E-state index is -4.45. The molecule has 0 aromatic carbocycles. The Morgan fingerprint density at radius 3 is 1.83 bits per heavy atom. The Morgan fingerprint density at radius 1 is 1.67 bits per heavy atom. The van der Waals surface area contributed by atoms with Crippen molar-refractivity contribution in [2.45, 2.75) is 0 Å². The first-order valence-electron chi connectivity index (χ1n) is 0.970. The molecule has 0 saturated carbocycles. The molecule has 1 radical (unpaired) electrons. The molecule has 0 bridgehead atoms. The maximum Gasteiger partial charge on any atom is 0.301 e. The Hall–Kier alpha value is -0.160. The lowest BCUT2D eigenvalue weighted by molar-refractivity contribution is 0.471. The van der Waals surface area contributed by atoms with Crippen LogP contribution in [0.15, 0.2) is 0 Å². The van der Waals surface area contributed by atoms with Gasteiger partial charge in [-0.25, -0.2) is 4.39 Å². The predicted molar refractivity (Wildman–Crippen MR) is 17.0 cm³/mol. The molecule has 0 aromatic heterocycles. The molecule has 0 fully saturated rings. The third kappa shape index (κ3) is 3.84. The van der Waals surface area contributed by atoms with Crippen LogP contribution in [-0.2, 0) is 10.1 Å². The van der Waals surface area contributed by atoms with Gasteiger partial charge in [0.15, 0.2) is 0 Å². The van der Waals surface area contributed by atoms with Crippen molar-refractivity contribution in [3.63, 3.8) is 0 Å². The highest BCUT2D eigenvalue weighted by atomic mass is 32.2. The lowest BCUT2D eigenvalue weighted by Crippen LogP contribution is -1.90. The van der Waals surface area contributed by atoms with Crippen LogP contribution in [0, 0.1) is 6.01 Å². The van der Waals surface area contributed by atoms with Gasteiger partial charge in [-0.3, -0.25) is 4.55 Å². The van der Waals surface area contributed by atoms with Gasteiger partial charge in [0.2, 0.25) is 0 Å². The van der Waals surface area contributed by atoms with E-state index in [2.05, 4.69) is 0 Å². The maximum atomic E-state index is 10.5. The summed E-state index contributed by atoms with van der Waals surface area (Å²) in [6.45, 7) is 0. The third-order valence-corrected chi connectivity index (χ3v) is 0.338. The van der Waals surface area contributed by atoms with E-state index in [4.69, 9.17) is 13.0 Å². The minimum absolute atomic E-state index is 0.785. The fraction of sp³-hybridized carbons (Fsp3) is 0. The zero-order chi connectivity index (χ0) is 5.21. The van der Waals surface area contributed by atoms with Crippen molar-refractivity contribution in [1.29, 1.82) is 0 Å². The first-order valence-corrected chi connectivity index (χ1v) is 2.47. The van der Waals surface area contributed by atoms with Gasteiger partial charge in [-0.15, -0.1) is 0 Å². The van der Waals surface area contributed by atoms with Crippen molar-refractivity contribution in [2.75, 3.05) is 0 Å². The molecule has 0 aliphatic carbocycles. The van der Waals surface area contributed by atoms with E-state index >= 15 is 0 Å². The van der Waals surface area contributed by atoms with Gasteiger partial charge in [0, 0.05) is 0 Å². The van der Waals surface area contributed by atoms with E-state index in [0.29, 0.717) is 0 Å². The Bertz CT molecular complexity index is 113. The molecule has 5 heteroatoms. The van der Waals surface area contributed by atoms with Crippen LogP contribution in [0.4, 0.5) is 4.39 Å². The molecule has 0 spiro atoms. The van der Waals surface area contributed by atoms with E-state index in [0.717, 1.165) is 0 Å². The quantitative estimate of drug-likeness (QED) is 0.485. The molecule has 0 rings (SSSR count). The molecular formula is CH2FO3S. The van der Waals surface area contributed by atoms with Crippen LogP contribution in [0.5, 0.6) is 0 Å². The van der Waals surface area contributed by atoms with Gasteiger partial charge in [0.1, 0.15) is 0 Å². The molecular weight excluding hydrogens is 111 g/mol. The highest BCUT2D eigenvalue weighted by Gasteiger charge is 1.99. The van der Waals surface area contributed by atoms with Gasteiger partial charge in [-0.1, -0.05) is 0 Å². The molecule has 37 valence electrons. The molecule has 0 aromatic rings. The first-order chi connectivity index (χ1) is 2.56. The van der Waals surface area contributed by atoms with E-state index < -0.39 is 16.1 Å². The van der Waals surface area contributed by atoms with E-state index in [1.165, 1.54) is 0 Å². The zero-order valence-corrected chi connectivity index (χ0v) is 3.44. The molecule has 0 unspecified atom stereocenters. The summed E-state index contributed by atoms with van der Waals surface area (Å²) in [5.74, 6) is 0. The van der Waals surface area contributed by atoms with Crippen LogP contribution >= 0.6 is 0 Å². The maximum absolute atomic E-state index is 10.5. The monoisotopic (exact) mass is 113 g/mol. The van der Waals surface area contributed by atoms with Crippen molar-refractivity contribution in [1.82, 2.24) is 0 Å². The van der Waals surface area contributed by atoms with Crippen LogP contribution in [0.2, 0.25) is 0 Å². The van der Waals surface area contributed by atoms with Crippen molar-refractivity contribution >= 4 is 10.1 Å². The van der Waals surface area contributed by atoms with Crippen molar-refractivity contribution in [3.05, 3.63) is 6.01 Å². The van der Waals surface area contributed by atoms with Crippen LogP contribution in [0.1, 0.15) is 0 Å². The standard InChI is InChI=1S/CH2FO3S/c2-1-6(3,4)5/h1H,(H,3,4,5). The Morgan fingerprint density at radius 2 is 1.83 bits per heavy atom. The molecule has 0 atom stereocenters. The molecule has 6 heavy (non-hydrogen) atoms. The van der Waals surface area contributed by atoms with E-state index in [1.807, 2.05) is 0 Å². The van der Waals surface area contributed by atoms with Crippen molar-refractivity contribution < 1.29 is 17.4 Å². The molecule has 3 nitrogen and oxygen atoms in total. The average molecular weight is 113 g/mol. The molecule has 1 N–H and O–H groups in total. The van der Waals surface area contributed by atoms with Gasteiger partial charge in [-0.2, -0.15) is 8.42 Å². The van der Waals surface area contributed by atoms with Gasteiger partial charge < -0.3 is 0 Å². The van der Waals surface area contributed by atoms with Gasteiger partial charge in [-0.05, 0) is 0 Å². The topological polar surface area (TPSA) is 54.4 Å². The van der Waals surface area contributed by atoms with Gasteiger partial charge >= 0.3 is 10.1 Å². The lowest BCUT2D eigenvalue weighted by atomic mass is 11.8. The second kappa shape index (κ2) is 1.53. The summed E-state index contributed by atoms with van der Waals surface area (Å²) in [4.78, 5) is 0. The Labute approximate surface area is 34.5 Å². The van der Waals surface area contributed by atoms with Crippen LogP contribution in [-0.4, -0.2) is 13.0 Å². The predicted octanol–water partition coefficient (Wildman–Crippen LogP) is -0.0370. The summed E-state index contributed by atoms with van der Waals surface area (Å²) in [6.07, 6.45) is 0. The van der Waals surface area contributed by atoms with E-state index in [-0.39, 0.29) is 0 Å². The van der Waals surface area contributed by atoms with Crippen LogP contribution in [0.25, 0.3) is 0 Å². The largest absolute Gasteiger partial charge is 0.301 e. The SMILES string of the molecule is O=S(=O)(O)[CH]F. The van der Waals surface area contributed by atoms with Gasteiger partial charge in [0.05, 0.1) is 0 Å². The Balaban J connectivity index is 3.85. The molecule has 0 saturated heterocycles. The highest BCUT2D eigenvalue weighted by molar-refractivity contribution is 7.87. The van der Waals surface area contributed by atoms with E-state index in [1.54, 1.807) is 0 Å². The zero-order valence-electron chi connectivity index (χ0n) is 2.63.